The van der Waals surface area contributed by atoms with Crippen LogP contribution in [0.15, 0.2) is 36.4 Å². The molecule has 2 N–H and O–H groups in total. The van der Waals surface area contributed by atoms with Gasteiger partial charge in [0.25, 0.3) is 0 Å². The summed E-state index contributed by atoms with van der Waals surface area (Å²) in [5.74, 6) is -0.404. The first-order valence-corrected chi connectivity index (χ1v) is 8.44. The van der Waals surface area contributed by atoms with Crippen LogP contribution >= 0.6 is 0 Å². The van der Waals surface area contributed by atoms with E-state index in [0.29, 0.717) is 17.7 Å². The van der Waals surface area contributed by atoms with Gasteiger partial charge in [-0.25, -0.2) is 0 Å². The molecule has 138 valence electrons. The highest BCUT2D eigenvalue weighted by Crippen LogP contribution is 2.14. The van der Waals surface area contributed by atoms with Crippen molar-refractivity contribution in [3.63, 3.8) is 0 Å². The molecule has 0 aliphatic carbocycles. The number of carbonyl (C=O) groups is 2. The summed E-state index contributed by atoms with van der Waals surface area (Å²) in [5, 5.41) is 17.8. The van der Waals surface area contributed by atoms with Crippen LogP contribution in [0.5, 0.6) is 5.75 Å². The Morgan fingerprint density at radius 3 is 2.36 bits per heavy atom. The van der Waals surface area contributed by atoms with E-state index in [4.69, 9.17) is 19.7 Å². The average molecular weight is 350 g/mol. The molecule has 0 heterocycles. The number of aliphatic hydroxyl groups is 2. The molecular weight excluding hydrogens is 324 g/mol. The zero-order chi connectivity index (χ0) is 18.5. The molecule has 0 fully saturated rings. The molecule has 25 heavy (non-hydrogen) atoms. The number of allylic oxidation sites excluding steroid dienone is 2. The van der Waals surface area contributed by atoms with E-state index in [1.807, 2.05) is 0 Å². The van der Waals surface area contributed by atoms with Gasteiger partial charge in [0.05, 0.1) is 19.6 Å². The summed E-state index contributed by atoms with van der Waals surface area (Å²) in [4.78, 5) is 23.4. The van der Waals surface area contributed by atoms with Crippen molar-refractivity contribution >= 4 is 11.9 Å². The van der Waals surface area contributed by atoms with Crippen LogP contribution in [0.4, 0.5) is 0 Å². The van der Waals surface area contributed by atoms with Crippen LogP contribution < -0.4 is 4.74 Å². The molecular formula is C19H26O6. The lowest BCUT2D eigenvalue weighted by Crippen LogP contribution is -2.26. The van der Waals surface area contributed by atoms with Crippen molar-refractivity contribution in [2.24, 2.45) is 0 Å². The van der Waals surface area contributed by atoms with Crippen molar-refractivity contribution in [2.45, 2.75) is 45.1 Å². The number of ether oxygens (including phenoxy) is 2. The van der Waals surface area contributed by atoms with E-state index in [1.54, 1.807) is 24.3 Å². The Morgan fingerprint density at radius 1 is 1.08 bits per heavy atom. The highest BCUT2D eigenvalue weighted by molar-refractivity contribution is 5.73. The maximum atomic E-state index is 11.7. The van der Waals surface area contributed by atoms with Gasteiger partial charge in [0, 0.05) is 6.42 Å². The summed E-state index contributed by atoms with van der Waals surface area (Å²) in [5.41, 5.74) is 0.684. The minimum absolute atomic E-state index is 0.00842. The van der Waals surface area contributed by atoms with Gasteiger partial charge in [0.1, 0.15) is 11.9 Å². The van der Waals surface area contributed by atoms with Crippen LogP contribution in [0.1, 0.15) is 38.2 Å². The third-order valence-electron chi connectivity index (χ3n) is 3.36. The lowest BCUT2D eigenvalue weighted by atomic mass is 10.1. The minimum atomic E-state index is -0.903. The summed E-state index contributed by atoms with van der Waals surface area (Å²) < 4.78 is 10.1. The van der Waals surface area contributed by atoms with Crippen molar-refractivity contribution in [3.05, 3.63) is 42.0 Å². The van der Waals surface area contributed by atoms with Gasteiger partial charge in [0.2, 0.25) is 0 Å². The third-order valence-corrected chi connectivity index (χ3v) is 3.36. The lowest BCUT2D eigenvalue weighted by Gasteiger charge is -2.12. The van der Waals surface area contributed by atoms with Crippen molar-refractivity contribution < 1.29 is 29.3 Å². The number of rotatable bonds is 11. The Labute approximate surface area is 148 Å². The quantitative estimate of drug-likeness (QED) is 0.275. The Kier molecular flexibility index (Phi) is 10.2. The fraction of sp³-hybridized carbons (Fsp3) is 0.474. The fourth-order valence-corrected chi connectivity index (χ4v) is 2.03. The standard InChI is InChI=1S/C19H26O6/c1-2-3-4-5-6-7-18(22)24-16-10-8-15(9-11-16)12-19(23)25-17(13-20)14-21/h3-4,8-11,17,20-21H,2,5-7,12-14H2,1H3/b4-3-. The average Bonchev–Trinajstić information content (AvgIpc) is 2.61. The lowest BCUT2D eigenvalue weighted by molar-refractivity contribution is -0.152. The van der Waals surface area contributed by atoms with Crippen LogP contribution in [-0.2, 0) is 20.7 Å². The molecule has 0 aromatic heterocycles. The molecule has 6 nitrogen and oxygen atoms in total. The van der Waals surface area contributed by atoms with Crippen molar-refractivity contribution in [1.29, 1.82) is 0 Å². The molecule has 6 heteroatoms. The van der Waals surface area contributed by atoms with Gasteiger partial charge in [-0.15, -0.1) is 0 Å². The summed E-state index contributed by atoms with van der Waals surface area (Å²) in [7, 11) is 0. The van der Waals surface area contributed by atoms with Crippen LogP contribution in [0.2, 0.25) is 0 Å². The maximum absolute atomic E-state index is 11.7. The molecule has 0 aliphatic rings. The first kappa shape index (κ1) is 20.9. The Balaban J connectivity index is 2.39. The molecule has 0 radical (unpaired) electrons. The van der Waals surface area contributed by atoms with Gasteiger partial charge < -0.3 is 19.7 Å². The second-order valence-corrected chi connectivity index (χ2v) is 5.54. The second kappa shape index (κ2) is 12.2. The van der Waals surface area contributed by atoms with Crippen LogP contribution in [-0.4, -0.2) is 41.5 Å². The number of unbranched alkanes of at least 4 members (excludes halogenated alkanes) is 1. The molecule has 0 unspecified atom stereocenters. The van der Waals surface area contributed by atoms with Crippen molar-refractivity contribution in [3.8, 4) is 5.75 Å². The summed E-state index contributed by atoms with van der Waals surface area (Å²) in [6.07, 6.45) is 6.17. The Hall–Kier alpha value is -2.18. The number of aliphatic hydroxyl groups excluding tert-OH is 2. The summed E-state index contributed by atoms with van der Waals surface area (Å²) in [6.45, 7) is 1.21. The Bertz CT molecular complexity index is 546. The van der Waals surface area contributed by atoms with E-state index in [0.717, 1.165) is 19.3 Å². The molecule has 1 aromatic rings. The monoisotopic (exact) mass is 350 g/mol. The molecule has 0 atom stereocenters. The maximum Gasteiger partial charge on any atom is 0.311 e. The topological polar surface area (TPSA) is 93.1 Å². The van der Waals surface area contributed by atoms with Crippen LogP contribution in [0.25, 0.3) is 0 Å². The van der Waals surface area contributed by atoms with E-state index < -0.39 is 25.3 Å². The van der Waals surface area contributed by atoms with Gasteiger partial charge in [-0.3, -0.25) is 9.59 Å². The molecule has 0 bridgehead atoms. The highest BCUT2D eigenvalue weighted by atomic mass is 16.6. The van der Waals surface area contributed by atoms with E-state index in [1.165, 1.54) is 0 Å². The largest absolute Gasteiger partial charge is 0.457 e. The SMILES string of the molecule is CC/C=C\CCCC(=O)Oc1ccc(CC(=O)OC(CO)CO)cc1. The predicted octanol–water partition coefficient (Wildman–Crippen LogP) is 2.17. The number of carbonyl (C=O) groups excluding carboxylic acids is 2. The highest BCUT2D eigenvalue weighted by Gasteiger charge is 2.13. The summed E-state index contributed by atoms with van der Waals surface area (Å²) >= 11 is 0. The third kappa shape index (κ3) is 9.02. The second-order valence-electron chi connectivity index (χ2n) is 5.54. The zero-order valence-electron chi connectivity index (χ0n) is 14.5. The van der Waals surface area contributed by atoms with Gasteiger partial charge >= 0.3 is 11.9 Å². The molecule has 0 saturated carbocycles. The molecule has 0 spiro atoms. The zero-order valence-corrected chi connectivity index (χ0v) is 14.5. The number of esters is 2. The van der Waals surface area contributed by atoms with Crippen LogP contribution in [0.3, 0.4) is 0 Å². The van der Waals surface area contributed by atoms with E-state index in [2.05, 4.69) is 19.1 Å². The van der Waals surface area contributed by atoms with E-state index in [9.17, 15) is 9.59 Å². The summed E-state index contributed by atoms with van der Waals surface area (Å²) in [6, 6.07) is 6.57. The number of hydrogen-bond acceptors (Lipinski definition) is 6. The number of hydrogen-bond donors (Lipinski definition) is 2. The number of benzene rings is 1. The minimum Gasteiger partial charge on any atom is -0.457 e. The predicted molar refractivity (Wildman–Crippen MR) is 93.1 cm³/mol. The molecule has 0 aliphatic heterocycles. The molecule has 1 rings (SSSR count). The van der Waals surface area contributed by atoms with Gasteiger partial charge in [-0.1, -0.05) is 31.2 Å². The van der Waals surface area contributed by atoms with Gasteiger partial charge in [0.15, 0.2) is 0 Å². The molecule has 1 aromatic carbocycles. The normalized spacial score (nSPS) is 11.0. The van der Waals surface area contributed by atoms with Gasteiger partial charge in [-0.05, 0) is 37.0 Å². The first-order chi connectivity index (χ1) is 12.1. The molecule has 0 saturated heterocycles. The smallest absolute Gasteiger partial charge is 0.311 e. The van der Waals surface area contributed by atoms with E-state index >= 15 is 0 Å². The van der Waals surface area contributed by atoms with Crippen LogP contribution in [0, 0.1) is 0 Å². The Morgan fingerprint density at radius 2 is 1.76 bits per heavy atom. The fourth-order valence-electron chi connectivity index (χ4n) is 2.03. The van der Waals surface area contributed by atoms with Crippen molar-refractivity contribution in [1.82, 2.24) is 0 Å². The van der Waals surface area contributed by atoms with Gasteiger partial charge in [-0.2, -0.15) is 0 Å². The van der Waals surface area contributed by atoms with Crippen molar-refractivity contribution in [2.75, 3.05) is 13.2 Å². The van der Waals surface area contributed by atoms with E-state index in [-0.39, 0.29) is 12.4 Å². The molecule has 0 amide bonds. The first-order valence-electron chi connectivity index (χ1n) is 8.44.